The molecule has 0 aromatic heterocycles. The molecule has 7 rings (SSSR count). The van der Waals surface area contributed by atoms with Crippen molar-refractivity contribution in [3.8, 4) is 0 Å². The fourth-order valence-corrected chi connectivity index (χ4v) is 13.5. The average molecular weight is 1580 g/mol. The van der Waals surface area contributed by atoms with Gasteiger partial charge in [-0.2, -0.15) is 0 Å². The van der Waals surface area contributed by atoms with E-state index in [1.165, 1.54) is 32.9 Å². The Morgan fingerprint density at radius 2 is 1.34 bits per heavy atom. The van der Waals surface area contributed by atoms with Crippen molar-refractivity contribution in [2.75, 3.05) is 19.7 Å². The molecule has 0 spiro atoms. The zero-order valence-electron chi connectivity index (χ0n) is 64.2. The van der Waals surface area contributed by atoms with Crippen molar-refractivity contribution in [2.45, 2.75) is 260 Å². The molecular formula is C77H113N9O26. The smallest absolute Gasteiger partial charge is 0.336 e. The maximum atomic E-state index is 14.1. The Kier molecular flexibility index (Phi) is 36.7. The number of fused-ring (bicyclic) bond motifs is 13. The number of hydrogen-bond donors (Lipinski definition) is 18. The summed E-state index contributed by atoms with van der Waals surface area (Å²) in [6, 6.07) is -12.4. The van der Waals surface area contributed by atoms with Crippen LogP contribution in [0.4, 0.5) is 0 Å². The highest BCUT2D eigenvalue weighted by atomic mass is 16.6. The molecule has 9 amide bonds. The van der Waals surface area contributed by atoms with Crippen LogP contribution in [0.3, 0.4) is 0 Å². The number of carbonyl (C=O) groups is 12. The third-order valence-corrected chi connectivity index (χ3v) is 20.5. The van der Waals surface area contributed by atoms with Crippen LogP contribution in [-0.2, 0) is 81.2 Å². The lowest BCUT2D eigenvalue weighted by atomic mass is 9.85. The fourth-order valence-electron chi connectivity index (χ4n) is 13.5. The van der Waals surface area contributed by atoms with Crippen molar-refractivity contribution in [1.82, 2.24) is 42.5 Å². The number of carboxylic acids is 1. The first kappa shape index (κ1) is 92.2. The van der Waals surface area contributed by atoms with Crippen LogP contribution >= 0.6 is 0 Å². The number of carboxylic acid groups (broad SMARTS) is 1. The number of primary amides is 1. The second-order valence-electron chi connectivity index (χ2n) is 29.7. The first-order chi connectivity index (χ1) is 53.0. The van der Waals surface area contributed by atoms with Gasteiger partial charge in [0.05, 0.1) is 62.0 Å². The summed E-state index contributed by atoms with van der Waals surface area (Å²) in [6.45, 7) is 9.69. The molecule has 35 heteroatoms. The molecule has 7 bridgehead atoms. The van der Waals surface area contributed by atoms with E-state index in [9.17, 15) is 103 Å². The van der Waals surface area contributed by atoms with E-state index < -0.39 is 218 Å². The summed E-state index contributed by atoms with van der Waals surface area (Å²) in [6.07, 6.45) is 13.9. The number of nitrogens with one attached hydrogen (secondary N) is 8. The van der Waals surface area contributed by atoms with Crippen LogP contribution in [0.25, 0.3) is 0 Å². The average Bonchev–Trinajstić information content (AvgIpc) is 1.65. The summed E-state index contributed by atoms with van der Waals surface area (Å²) in [5.74, 6) is -18.3. The number of unbranched alkanes of at least 4 members (excludes halogenated alkanes) is 1. The van der Waals surface area contributed by atoms with Gasteiger partial charge in [-0.15, -0.1) is 0 Å². The van der Waals surface area contributed by atoms with Gasteiger partial charge in [0.1, 0.15) is 66.8 Å². The summed E-state index contributed by atoms with van der Waals surface area (Å²) in [5, 5.41) is 113. The molecule has 17 unspecified atom stereocenters. The lowest BCUT2D eigenvalue weighted by Crippen LogP contribution is -2.64. The van der Waals surface area contributed by atoms with Gasteiger partial charge in [-0.3, -0.25) is 47.9 Å². The molecule has 35 nitrogen and oxygen atoms in total. The molecule has 7 aliphatic rings. The van der Waals surface area contributed by atoms with E-state index in [4.69, 9.17) is 29.4 Å². The standard InChI is InChI=1S/C77H113N9O26/c1-38(2)46-32-51(91)48(37-87)83-72(101)47(82-76(105)64(77(106)107)86-73(102)52(92)36-80-74(103)62(44(8)88)84-75(104)63(85-71(46)100)66(96)67(97)69(78)98)35-79-70(99)43(7)81-60(93)27-19-18-21-39(3)31-40(4)68-56-30-29-45(108-68)22-14-10-9-11-15-23-49(89)65(95)59-33-50(90)41(5)53(110-59)25-20-26-54-42(6)57-34-58(109-54)55(111-57)24-16-12-13-17-28-61(94)112-56/h10,12-17,20,23-24,26,28-31,38-39,41-50,52-59,62-68,87-90,92,95-97H,9,11,18-19,21-22,25,27,32-37H2,1-8H3,(H2,78,98)(H,79,99)(H,80,103)(H,81,93)(H,82,105)(H,83,101)(H,84,104)(H,85,100)(H,86,102)(H,106,107)/t39-,41-,42?,43?,44?,45?,46?,47?,48?,49+,50+,52?,53-,54+,55-,56?,57?,58?,59-,62?,63?,64?,65+,66?,67?,68?/m1/s1. The van der Waals surface area contributed by atoms with Crippen LogP contribution in [0, 0.1) is 29.6 Å². The van der Waals surface area contributed by atoms with Gasteiger partial charge in [0.15, 0.2) is 18.0 Å². The Labute approximate surface area is 649 Å². The molecule has 4 saturated heterocycles. The molecule has 0 aliphatic carbocycles. The van der Waals surface area contributed by atoms with Crippen LogP contribution in [0.1, 0.15) is 126 Å². The number of ether oxygens (including phenoxy) is 5. The van der Waals surface area contributed by atoms with Gasteiger partial charge < -0.3 is 118 Å². The molecule has 7 aliphatic heterocycles. The lowest BCUT2D eigenvalue weighted by Gasteiger charge is -2.40. The number of Topliss-reactive ketones (excluding diaryl/α,β-unsaturated/α-hetero) is 1. The molecule has 112 heavy (non-hydrogen) atoms. The van der Waals surface area contributed by atoms with Crippen molar-refractivity contribution in [1.29, 1.82) is 0 Å². The van der Waals surface area contributed by atoms with Gasteiger partial charge in [0.25, 0.3) is 11.8 Å². The van der Waals surface area contributed by atoms with Crippen LogP contribution in [0.5, 0.6) is 0 Å². The summed E-state index contributed by atoms with van der Waals surface area (Å²) < 4.78 is 31.8. The summed E-state index contributed by atoms with van der Waals surface area (Å²) in [7, 11) is 0. The molecule has 19 N–H and O–H groups in total. The quantitative estimate of drug-likeness (QED) is 0.0284. The number of rotatable bonds is 18. The highest BCUT2D eigenvalue weighted by Crippen LogP contribution is 2.39. The number of amides is 9. The second-order valence-corrected chi connectivity index (χ2v) is 29.7. The summed E-state index contributed by atoms with van der Waals surface area (Å²) in [5.41, 5.74) is 5.91. The van der Waals surface area contributed by atoms with Crippen LogP contribution in [-0.4, -0.2) is 270 Å². The number of aliphatic carboxylic acids is 1. The molecular weight excluding hydrogens is 1470 g/mol. The van der Waals surface area contributed by atoms with Crippen molar-refractivity contribution in [3.63, 3.8) is 0 Å². The monoisotopic (exact) mass is 1580 g/mol. The maximum Gasteiger partial charge on any atom is 0.336 e. The first-order valence-corrected chi connectivity index (χ1v) is 38.0. The first-order valence-electron chi connectivity index (χ1n) is 38.0. The predicted molar refractivity (Wildman–Crippen MR) is 399 cm³/mol. The van der Waals surface area contributed by atoms with Crippen molar-refractivity contribution in [2.24, 2.45) is 35.3 Å². The van der Waals surface area contributed by atoms with Crippen molar-refractivity contribution < 1.29 is 127 Å². The van der Waals surface area contributed by atoms with E-state index in [0.717, 1.165) is 18.9 Å². The minimum absolute atomic E-state index is 0.0362. The predicted octanol–water partition coefficient (Wildman–Crippen LogP) is -2.86. The Balaban J connectivity index is 1.09. The minimum atomic E-state index is -2.64. The van der Waals surface area contributed by atoms with Crippen LogP contribution < -0.4 is 48.3 Å². The van der Waals surface area contributed by atoms with Gasteiger partial charge in [-0.05, 0) is 82.8 Å². The van der Waals surface area contributed by atoms with E-state index in [2.05, 4.69) is 28.2 Å². The van der Waals surface area contributed by atoms with E-state index in [1.54, 1.807) is 35.7 Å². The van der Waals surface area contributed by atoms with Gasteiger partial charge in [-0.25, -0.2) is 9.59 Å². The number of nitrogens with two attached hydrogens (primary N) is 1. The number of aliphatic hydroxyl groups excluding tert-OH is 8. The Bertz CT molecular complexity index is 3520. The zero-order chi connectivity index (χ0) is 82.8. The minimum Gasteiger partial charge on any atom is -0.479 e. The molecule has 0 saturated carbocycles. The van der Waals surface area contributed by atoms with Crippen LogP contribution in [0.15, 0.2) is 96.7 Å². The van der Waals surface area contributed by atoms with Gasteiger partial charge in [0.2, 0.25) is 47.4 Å². The number of aliphatic hydroxyl groups is 8. The number of carbonyl (C=O) groups excluding carboxylic acids is 11. The third-order valence-electron chi connectivity index (χ3n) is 20.5. The number of β-amino-alcohol motifs (C(OH)–C–C–N with tert-alkyl or cyclic N) is 1. The topological polar surface area (TPSA) is 555 Å². The Hall–Kier alpha value is -8.72. The molecule has 4 fully saturated rings. The summed E-state index contributed by atoms with van der Waals surface area (Å²) >= 11 is 0. The number of ketones is 1. The van der Waals surface area contributed by atoms with E-state index in [0.29, 0.717) is 44.9 Å². The number of hydrogen-bond acceptors (Lipinski definition) is 25. The van der Waals surface area contributed by atoms with Gasteiger partial charge in [0, 0.05) is 56.1 Å². The molecule has 7 heterocycles. The maximum absolute atomic E-state index is 14.1. The molecule has 0 aromatic rings. The number of esters is 1. The third kappa shape index (κ3) is 27.5. The second kappa shape index (κ2) is 44.7. The van der Waals surface area contributed by atoms with E-state index in [-0.39, 0.29) is 55.0 Å². The molecule has 622 valence electrons. The normalized spacial score (nSPS) is 33.6. The van der Waals surface area contributed by atoms with E-state index in [1.807, 2.05) is 85.3 Å². The Morgan fingerprint density at radius 3 is 2.03 bits per heavy atom. The lowest BCUT2D eigenvalue weighted by molar-refractivity contribution is -0.175. The largest absolute Gasteiger partial charge is 0.479 e. The van der Waals surface area contributed by atoms with Gasteiger partial charge in [-0.1, -0.05) is 120 Å². The van der Waals surface area contributed by atoms with Crippen molar-refractivity contribution >= 4 is 70.9 Å². The zero-order valence-corrected chi connectivity index (χ0v) is 64.2. The molecule has 0 aromatic carbocycles. The van der Waals surface area contributed by atoms with Crippen LogP contribution in [0.2, 0.25) is 0 Å². The SMILES string of the molecule is CC(=C[C@H](C)CCCCC(=O)NC(C)C(=O)NCC1NC(=O)C(C(=O)O)NC(=O)C(O)CNC(=O)C(C(C)O)NC(=O)C(C(O)C(O)C(N)=O)NC(=O)C(C(C)C)CC(=O)C(CO)NC1=O)C1OC2C=CC1OC(=O)C=CC=CC=C[C@H]1OC3CC1O[C@@H](C=CC[C@H]1O[C@H](C[C@H](O)[C@H]1C)[C@@H](O)[C@@H](O)C=CCCC=CC2)C3C. The van der Waals surface area contributed by atoms with Crippen molar-refractivity contribution in [3.05, 3.63) is 96.7 Å². The highest BCUT2D eigenvalue weighted by molar-refractivity contribution is 6.06. The Morgan fingerprint density at radius 1 is 0.652 bits per heavy atom. The fraction of sp³-hybridized carbons (Fsp3) is 0.636. The molecule has 26 atom stereocenters. The highest BCUT2D eigenvalue weighted by Gasteiger charge is 2.47. The number of allylic oxidation sites excluding steroid dienone is 7. The van der Waals surface area contributed by atoms with E-state index >= 15 is 0 Å². The summed E-state index contributed by atoms with van der Waals surface area (Å²) in [4.78, 5) is 161. The molecule has 0 radical (unpaired) electrons. The van der Waals surface area contributed by atoms with Gasteiger partial charge >= 0.3 is 11.9 Å².